The minimum atomic E-state index is 0.258. The predicted octanol–water partition coefficient (Wildman–Crippen LogP) is 3.00. The number of thiophene rings is 1. The quantitative estimate of drug-likeness (QED) is 0.751. The fraction of sp³-hybridized carbons (Fsp3) is 0.188. The molecule has 0 saturated carbocycles. The molecule has 1 aromatic carbocycles. The third-order valence-electron chi connectivity index (χ3n) is 3.81. The van der Waals surface area contributed by atoms with Crippen LogP contribution in [0, 0.1) is 13.8 Å². The highest BCUT2D eigenvalue weighted by atomic mass is 32.1. The molecule has 0 amide bonds. The molecule has 0 atom stereocenters. The first kappa shape index (κ1) is 13.2. The molecule has 0 unspecified atom stereocenters. The maximum atomic E-state index is 9.51. The lowest BCUT2D eigenvalue weighted by Gasteiger charge is -2.09. The second-order valence-electron chi connectivity index (χ2n) is 5.31. The molecule has 1 N–H and O–H groups in total. The van der Waals surface area contributed by atoms with Gasteiger partial charge in [-0.1, -0.05) is 0 Å². The van der Waals surface area contributed by atoms with Crippen LogP contribution in [0.3, 0.4) is 0 Å². The Hall–Kier alpha value is -2.47. The summed E-state index contributed by atoms with van der Waals surface area (Å²) in [5.74, 6) is 1.99. The van der Waals surface area contributed by atoms with E-state index in [-0.39, 0.29) is 5.75 Å². The fourth-order valence-electron chi connectivity index (χ4n) is 2.74. The zero-order valence-corrected chi connectivity index (χ0v) is 13.1. The van der Waals surface area contributed by atoms with Gasteiger partial charge in [0.15, 0.2) is 5.82 Å². The summed E-state index contributed by atoms with van der Waals surface area (Å²) < 4.78 is 2.09. The molecule has 0 bridgehead atoms. The zero-order chi connectivity index (χ0) is 15.3. The highest BCUT2D eigenvalue weighted by Gasteiger charge is 2.24. The van der Waals surface area contributed by atoms with E-state index in [1.54, 1.807) is 23.5 Å². The number of hydrogen-bond acceptors (Lipinski definition) is 5. The van der Waals surface area contributed by atoms with Crippen molar-refractivity contribution in [1.82, 2.24) is 14.8 Å². The lowest BCUT2D eigenvalue weighted by atomic mass is 10.0. The van der Waals surface area contributed by atoms with Gasteiger partial charge >= 0.3 is 0 Å². The number of aromatic nitrogens is 3. The Morgan fingerprint density at radius 2 is 1.91 bits per heavy atom. The molecule has 0 saturated heterocycles. The number of rotatable bonds is 1. The SMILES string of the molecule is Cc1csc2c1C(c1ccc(O)cc1)=NCc1nnc(C)n1-2. The van der Waals surface area contributed by atoms with Gasteiger partial charge < -0.3 is 5.11 Å². The molecule has 110 valence electrons. The van der Waals surface area contributed by atoms with Crippen molar-refractivity contribution in [3.63, 3.8) is 0 Å². The first-order chi connectivity index (χ1) is 10.6. The molecule has 6 heteroatoms. The Labute approximate surface area is 131 Å². The van der Waals surface area contributed by atoms with E-state index in [1.165, 1.54) is 5.56 Å². The molecule has 1 aliphatic rings. The third-order valence-corrected chi connectivity index (χ3v) is 4.89. The molecular weight excluding hydrogens is 296 g/mol. The summed E-state index contributed by atoms with van der Waals surface area (Å²) in [5.41, 5.74) is 4.25. The van der Waals surface area contributed by atoms with Crippen LogP contribution in [0.1, 0.15) is 28.3 Å². The van der Waals surface area contributed by atoms with E-state index in [1.807, 2.05) is 19.1 Å². The number of nitrogens with zero attached hydrogens (tertiary/aromatic N) is 4. The maximum absolute atomic E-state index is 9.51. The van der Waals surface area contributed by atoms with Crippen LogP contribution in [-0.2, 0) is 6.54 Å². The van der Waals surface area contributed by atoms with Crippen LogP contribution in [0.25, 0.3) is 5.00 Å². The highest BCUT2D eigenvalue weighted by Crippen LogP contribution is 2.33. The van der Waals surface area contributed by atoms with Crippen molar-refractivity contribution in [2.45, 2.75) is 20.4 Å². The fourth-order valence-corrected chi connectivity index (χ4v) is 3.86. The van der Waals surface area contributed by atoms with Gasteiger partial charge in [-0.25, -0.2) is 0 Å². The van der Waals surface area contributed by atoms with Gasteiger partial charge in [-0.2, -0.15) is 0 Å². The minimum absolute atomic E-state index is 0.258. The minimum Gasteiger partial charge on any atom is -0.508 e. The average molecular weight is 310 g/mol. The van der Waals surface area contributed by atoms with E-state index in [0.29, 0.717) is 6.54 Å². The summed E-state index contributed by atoms with van der Waals surface area (Å²) >= 11 is 1.68. The molecule has 3 aromatic rings. The van der Waals surface area contributed by atoms with E-state index in [4.69, 9.17) is 4.99 Å². The summed E-state index contributed by atoms with van der Waals surface area (Å²) in [5, 5.41) is 21.2. The molecular formula is C16H14N4OS. The molecule has 4 rings (SSSR count). The van der Waals surface area contributed by atoms with E-state index in [9.17, 15) is 5.11 Å². The smallest absolute Gasteiger partial charge is 0.160 e. The van der Waals surface area contributed by atoms with Crippen molar-refractivity contribution >= 4 is 17.0 Å². The standard InChI is InChI=1S/C16H14N4OS/c1-9-8-22-16-14(9)15(11-3-5-12(21)6-4-11)17-7-13-19-18-10(2)20(13)16/h3-6,8,21H,7H2,1-2H3. The van der Waals surface area contributed by atoms with Gasteiger partial charge in [-0.3, -0.25) is 9.56 Å². The van der Waals surface area contributed by atoms with Gasteiger partial charge in [0.1, 0.15) is 23.1 Å². The second kappa shape index (κ2) is 4.78. The van der Waals surface area contributed by atoms with E-state index in [2.05, 4.69) is 27.1 Å². The third kappa shape index (κ3) is 1.88. The lowest BCUT2D eigenvalue weighted by molar-refractivity contribution is 0.475. The van der Waals surface area contributed by atoms with Crippen LogP contribution in [0.4, 0.5) is 0 Å². The van der Waals surface area contributed by atoms with Crippen molar-refractivity contribution < 1.29 is 5.11 Å². The molecule has 22 heavy (non-hydrogen) atoms. The van der Waals surface area contributed by atoms with Gasteiger partial charge in [0, 0.05) is 11.1 Å². The van der Waals surface area contributed by atoms with E-state index in [0.717, 1.165) is 33.5 Å². The van der Waals surface area contributed by atoms with Crippen LogP contribution in [0.2, 0.25) is 0 Å². The number of aryl methyl sites for hydroxylation is 2. The van der Waals surface area contributed by atoms with Crippen molar-refractivity contribution in [3.8, 4) is 10.8 Å². The summed E-state index contributed by atoms with van der Waals surface area (Å²) in [6, 6.07) is 7.17. The monoisotopic (exact) mass is 310 g/mol. The van der Waals surface area contributed by atoms with Crippen molar-refractivity contribution in [3.05, 3.63) is 58.0 Å². The van der Waals surface area contributed by atoms with Gasteiger partial charge in [-0.05, 0) is 49.1 Å². The molecule has 0 fully saturated rings. The van der Waals surface area contributed by atoms with Gasteiger partial charge in [0.05, 0.1) is 5.71 Å². The molecule has 2 aromatic heterocycles. The van der Waals surface area contributed by atoms with Crippen molar-refractivity contribution in [2.24, 2.45) is 4.99 Å². The van der Waals surface area contributed by atoms with Gasteiger partial charge in [0.2, 0.25) is 0 Å². The Morgan fingerprint density at radius 3 is 2.68 bits per heavy atom. The Morgan fingerprint density at radius 1 is 1.14 bits per heavy atom. The van der Waals surface area contributed by atoms with Gasteiger partial charge in [0.25, 0.3) is 0 Å². The van der Waals surface area contributed by atoms with Crippen molar-refractivity contribution in [2.75, 3.05) is 0 Å². The summed E-state index contributed by atoms with van der Waals surface area (Å²) in [6.45, 7) is 4.55. The Kier molecular flexibility index (Phi) is 2.87. The zero-order valence-electron chi connectivity index (χ0n) is 12.2. The second-order valence-corrected chi connectivity index (χ2v) is 6.17. The molecule has 1 aliphatic heterocycles. The lowest BCUT2D eigenvalue weighted by Crippen LogP contribution is -2.06. The normalized spacial score (nSPS) is 13.3. The number of phenolic OH excluding ortho intramolecular Hbond substituents is 1. The van der Waals surface area contributed by atoms with E-state index >= 15 is 0 Å². The topological polar surface area (TPSA) is 63.3 Å². The van der Waals surface area contributed by atoms with Crippen LogP contribution in [0.5, 0.6) is 5.75 Å². The molecule has 5 nitrogen and oxygen atoms in total. The average Bonchev–Trinajstić information content (AvgIpc) is 3.00. The first-order valence-electron chi connectivity index (χ1n) is 6.98. The first-order valence-corrected chi connectivity index (χ1v) is 7.86. The van der Waals surface area contributed by atoms with Crippen LogP contribution < -0.4 is 0 Å². The molecule has 0 aliphatic carbocycles. The Balaban J connectivity index is 1.97. The number of benzene rings is 1. The number of hydrogen-bond donors (Lipinski definition) is 1. The largest absolute Gasteiger partial charge is 0.508 e. The number of fused-ring (bicyclic) bond motifs is 3. The van der Waals surface area contributed by atoms with Crippen LogP contribution in [0.15, 0.2) is 34.6 Å². The number of aliphatic imine (C=N–C) groups is 1. The molecule has 0 spiro atoms. The number of aromatic hydroxyl groups is 1. The van der Waals surface area contributed by atoms with Crippen LogP contribution >= 0.6 is 11.3 Å². The Bertz CT molecular complexity index is 890. The maximum Gasteiger partial charge on any atom is 0.160 e. The van der Waals surface area contributed by atoms with Crippen LogP contribution in [-0.4, -0.2) is 25.6 Å². The summed E-state index contributed by atoms with van der Waals surface area (Å²) in [6.07, 6.45) is 0. The summed E-state index contributed by atoms with van der Waals surface area (Å²) in [4.78, 5) is 4.77. The number of phenols is 1. The van der Waals surface area contributed by atoms with Crippen molar-refractivity contribution in [1.29, 1.82) is 0 Å². The molecule has 3 heterocycles. The highest BCUT2D eigenvalue weighted by molar-refractivity contribution is 7.13. The molecule has 0 radical (unpaired) electrons. The van der Waals surface area contributed by atoms with E-state index < -0.39 is 0 Å². The summed E-state index contributed by atoms with van der Waals surface area (Å²) in [7, 11) is 0. The van der Waals surface area contributed by atoms with Gasteiger partial charge in [-0.15, -0.1) is 21.5 Å². The predicted molar refractivity (Wildman–Crippen MR) is 86.2 cm³/mol.